The summed E-state index contributed by atoms with van der Waals surface area (Å²) in [6, 6.07) is 8.15. The molecule has 0 saturated heterocycles. The molecule has 2 N–H and O–H groups in total. The third kappa shape index (κ3) is 3.04. The number of nitrogens with one attached hydrogen (secondary N) is 1. The fraction of sp³-hybridized carbons (Fsp3) is 0.500. The van der Waals surface area contributed by atoms with Crippen LogP contribution in [0.25, 0.3) is 0 Å². The van der Waals surface area contributed by atoms with Crippen molar-refractivity contribution in [3.8, 4) is 6.07 Å². The minimum Gasteiger partial charge on any atom is -0.396 e. The van der Waals surface area contributed by atoms with Gasteiger partial charge in [-0.3, -0.25) is 0 Å². The van der Waals surface area contributed by atoms with Crippen LogP contribution in [-0.2, 0) is 0 Å². The third-order valence-electron chi connectivity index (χ3n) is 3.59. The number of anilines is 1. The van der Waals surface area contributed by atoms with E-state index >= 15 is 0 Å². The summed E-state index contributed by atoms with van der Waals surface area (Å²) in [6.07, 6.45) is 4.50. The van der Waals surface area contributed by atoms with E-state index < -0.39 is 0 Å². The Bertz CT molecular complexity index is 456. The Morgan fingerprint density at radius 1 is 1.39 bits per heavy atom. The highest BCUT2D eigenvalue weighted by atomic mass is 79.9. The first-order valence-electron chi connectivity index (χ1n) is 6.31. The predicted octanol–water partition coefficient (Wildman–Crippen LogP) is 3.28. The van der Waals surface area contributed by atoms with E-state index in [1.807, 2.05) is 18.2 Å². The van der Waals surface area contributed by atoms with E-state index in [4.69, 9.17) is 5.26 Å². The molecule has 1 aromatic carbocycles. The first kappa shape index (κ1) is 13.4. The lowest BCUT2D eigenvalue weighted by atomic mass is 9.85. The largest absolute Gasteiger partial charge is 0.396 e. The molecule has 0 aromatic heterocycles. The van der Waals surface area contributed by atoms with Gasteiger partial charge in [-0.15, -0.1) is 0 Å². The zero-order valence-electron chi connectivity index (χ0n) is 10.2. The van der Waals surface area contributed by atoms with E-state index in [0.717, 1.165) is 23.0 Å². The minimum atomic E-state index is 0.218. The van der Waals surface area contributed by atoms with Crippen LogP contribution in [0, 0.1) is 17.2 Å². The molecule has 0 bridgehead atoms. The Kier molecular flexibility index (Phi) is 4.62. The van der Waals surface area contributed by atoms with Crippen molar-refractivity contribution < 1.29 is 5.11 Å². The summed E-state index contributed by atoms with van der Waals surface area (Å²) in [5, 5.41) is 22.0. The second-order valence-corrected chi connectivity index (χ2v) is 5.70. The van der Waals surface area contributed by atoms with Crippen molar-refractivity contribution in [2.24, 2.45) is 5.92 Å². The molecule has 1 aliphatic carbocycles. The fourth-order valence-electron chi connectivity index (χ4n) is 2.55. The molecule has 1 aromatic rings. The normalized spacial score (nSPS) is 23.4. The van der Waals surface area contributed by atoms with E-state index in [2.05, 4.69) is 27.3 Å². The van der Waals surface area contributed by atoms with Crippen molar-refractivity contribution in [1.29, 1.82) is 5.26 Å². The summed E-state index contributed by atoms with van der Waals surface area (Å²) >= 11 is 3.37. The van der Waals surface area contributed by atoms with Crippen molar-refractivity contribution in [3.05, 3.63) is 28.2 Å². The maximum absolute atomic E-state index is 9.40. The van der Waals surface area contributed by atoms with E-state index in [1.165, 1.54) is 12.8 Å². The Morgan fingerprint density at radius 2 is 2.17 bits per heavy atom. The van der Waals surface area contributed by atoms with Crippen LogP contribution in [0.5, 0.6) is 0 Å². The first-order valence-corrected chi connectivity index (χ1v) is 7.11. The highest BCUT2D eigenvalue weighted by Crippen LogP contribution is 2.29. The number of nitrogens with zero attached hydrogens (tertiary/aromatic N) is 1. The molecule has 4 heteroatoms. The van der Waals surface area contributed by atoms with Gasteiger partial charge >= 0.3 is 0 Å². The number of hydrogen-bond acceptors (Lipinski definition) is 3. The maximum atomic E-state index is 9.40. The summed E-state index contributed by atoms with van der Waals surface area (Å²) in [7, 11) is 0. The molecule has 3 nitrogen and oxygen atoms in total. The van der Waals surface area contributed by atoms with Gasteiger partial charge in [-0.1, -0.05) is 28.8 Å². The van der Waals surface area contributed by atoms with Crippen LogP contribution in [0.15, 0.2) is 22.7 Å². The molecule has 0 aliphatic heterocycles. The van der Waals surface area contributed by atoms with Crippen molar-refractivity contribution in [2.75, 3.05) is 11.9 Å². The van der Waals surface area contributed by atoms with Gasteiger partial charge in [-0.05, 0) is 31.0 Å². The van der Waals surface area contributed by atoms with E-state index in [1.54, 1.807) is 0 Å². The number of rotatable bonds is 3. The van der Waals surface area contributed by atoms with Crippen molar-refractivity contribution >= 4 is 21.6 Å². The molecule has 1 aliphatic rings. The number of aliphatic hydroxyl groups excluding tert-OH is 1. The Balaban J connectivity index is 2.15. The third-order valence-corrected chi connectivity index (χ3v) is 4.08. The summed E-state index contributed by atoms with van der Waals surface area (Å²) in [5.41, 5.74) is 1.51. The molecule has 96 valence electrons. The smallest absolute Gasteiger partial charge is 0.101 e. The average Bonchev–Trinajstić information content (AvgIpc) is 2.41. The van der Waals surface area contributed by atoms with Gasteiger partial charge in [0.15, 0.2) is 0 Å². The van der Waals surface area contributed by atoms with Gasteiger partial charge in [0, 0.05) is 23.0 Å². The lowest BCUT2D eigenvalue weighted by Crippen LogP contribution is -2.34. The Labute approximate surface area is 116 Å². The van der Waals surface area contributed by atoms with Crippen molar-refractivity contribution in [1.82, 2.24) is 0 Å². The topological polar surface area (TPSA) is 56.0 Å². The molecule has 2 rings (SSSR count). The molecular formula is C14H17BrN2O. The SMILES string of the molecule is N#Cc1cc(Br)ccc1NC1CCCCC1CO. The number of nitriles is 1. The maximum Gasteiger partial charge on any atom is 0.101 e. The van der Waals surface area contributed by atoms with E-state index in [0.29, 0.717) is 11.5 Å². The van der Waals surface area contributed by atoms with E-state index in [-0.39, 0.29) is 12.6 Å². The zero-order valence-corrected chi connectivity index (χ0v) is 11.8. The van der Waals surface area contributed by atoms with Crippen LogP contribution in [0.2, 0.25) is 0 Å². The molecule has 0 heterocycles. The summed E-state index contributed by atoms with van der Waals surface area (Å²) in [4.78, 5) is 0. The van der Waals surface area contributed by atoms with Crippen LogP contribution in [0.3, 0.4) is 0 Å². The van der Waals surface area contributed by atoms with Gasteiger partial charge in [0.2, 0.25) is 0 Å². The number of hydrogen-bond donors (Lipinski definition) is 2. The van der Waals surface area contributed by atoms with Gasteiger partial charge in [0.25, 0.3) is 0 Å². The number of halogens is 1. The van der Waals surface area contributed by atoms with Gasteiger partial charge in [-0.25, -0.2) is 0 Å². The molecule has 2 unspecified atom stereocenters. The molecule has 0 amide bonds. The fourth-order valence-corrected chi connectivity index (χ4v) is 2.91. The lowest BCUT2D eigenvalue weighted by molar-refractivity contribution is 0.178. The molecular weight excluding hydrogens is 292 g/mol. The standard InChI is InChI=1S/C14H17BrN2O/c15-12-5-6-14(11(7-12)8-16)17-13-4-2-1-3-10(13)9-18/h5-7,10,13,17-18H,1-4,9H2. The van der Waals surface area contributed by atoms with Crippen LogP contribution < -0.4 is 5.32 Å². The van der Waals surface area contributed by atoms with Crippen molar-refractivity contribution in [2.45, 2.75) is 31.7 Å². The van der Waals surface area contributed by atoms with Crippen LogP contribution in [-0.4, -0.2) is 17.8 Å². The monoisotopic (exact) mass is 308 g/mol. The minimum absolute atomic E-state index is 0.218. The van der Waals surface area contributed by atoms with Gasteiger partial charge in [0.1, 0.15) is 6.07 Å². The summed E-state index contributed by atoms with van der Waals surface area (Å²) in [6.45, 7) is 0.218. The van der Waals surface area contributed by atoms with Gasteiger partial charge < -0.3 is 10.4 Å². The average molecular weight is 309 g/mol. The molecule has 1 saturated carbocycles. The Morgan fingerprint density at radius 3 is 2.89 bits per heavy atom. The van der Waals surface area contributed by atoms with E-state index in [9.17, 15) is 5.11 Å². The second kappa shape index (κ2) is 6.21. The molecule has 0 spiro atoms. The van der Waals surface area contributed by atoms with Crippen LogP contribution in [0.4, 0.5) is 5.69 Å². The van der Waals surface area contributed by atoms with Crippen LogP contribution >= 0.6 is 15.9 Å². The molecule has 18 heavy (non-hydrogen) atoms. The number of benzene rings is 1. The summed E-state index contributed by atoms with van der Waals surface area (Å²) in [5.74, 6) is 0.300. The van der Waals surface area contributed by atoms with Gasteiger partial charge in [-0.2, -0.15) is 5.26 Å². The Hall–Kier alpha value is -1.05. The zero-order chi connectivity index (χ0) is 13.0. The lowest BCUT2D eigenvalue weighted by Gasteiger charge is -2.32. The van der Waals surface area contributed by atoms with Gasteiger partial charge in [0.05, 0.1) is 11.3 Å². The quantitative estimate of drug-likeness (QED) is 0.901. The number of aliphatic hydroxyl groups is 1. The first-order chi connectivity index (χ1) is 8.74. The van der Waals surface area contributed by atoms with Crippen molar-refractivity contribution in [3.63, 3.8) is 0 Å². The molecule has 2 atom stereocenters. The predicted molar refractivity (Wildman–Crippen MR) is 75.3 cm³/mol. The van der Waals surface area contributed by atoms with Crippen LogP contribution in [0.1, 0.15) is 31.2 Å². The second-order valence-electron chi connectivity index (χ2n) is 4.78. The molecule has 0 radical (unpaired) electrons. The summed E-state index contributed by atoms with van der Waals surface area (Å²) < 4.78 is 0.909. The highest BCUT2D eigenvalue weighted by Gasteiger charge is 2.24. The molecule has 1 fully saturated rings. The highest BCUT2D eigenvalue weighted by molar-refractivity contribution is 9.10.